The van der Waals surface area contributed by atoms with Crippen molar-refractivity contribution in [2.45, 2.75) is 6.42 Å². The number of benzene rings is 1. The molecule has 100 valence electrons. The lowest BCUT2D eigenvalue weighted by Crippen LogP contribution is -2.31. The number of nitrogens with one attached hydrogen (secondary N) is 1. The van der Waals surface area contributed by atoms with Crippen LogP contribution in [-0.2, 0) is 14.3 Å². The molecule has 5 nitrogen and oxygen atoms in total. The van der Waals surface area contributed by atoms with Gasteiger partial charge in [0.25, 0.3) is 0 Å². The van der Waals surface area contributed by atoms with Crippen LogP contribution in [0.3, 0.4) is 0 Å². The van der Waals surface area contributed by atoms with Gasteiger partial charge < -0.3 is 15.8 Å². The summed E-state index contributed by atoms with van der Waals surface area (Å²) in [5.41, 5.74) is 4.99. The van der Waals surface area contributed by atoms with Gasteiger partial charge in [0.05, 0.1) is 20.1 Å². The molecule has 0 atom stereocenters. The van der Waals surface area contributed by atoms with Crippen molar-refractivity contribution >= 4 is 11.9 Å². The van der Waals surface area contributed by atoms with Gasteiger partial charge in [0.2, 0.25) is 5.91 Å². The van der Waals surface area contributed by atoms with Crippen molar-refractivity contribution in [1.29, 1.82) is 0 Å². The molecule has 0 aliphatic heterocycles. The second-order valence-electron chi connectivity index (χ2n) is 3.18. The normalized spacial score (nSPS) is 8.83. The van der Waals surface area contributed by atoms with Crippen molar-refractivity contribution in [2.24, 2.45) is 5.73 Å². The summed E-state index contributed by atoms with van der Waals surface area (Å²) < 4.78 is 16.3. The lowest BCUT2D eigenvalue weighted by atomic mass is 10.4. The topological polar surface area (TPSA) is 81.4 Å². The predicted molar refractivity (Wildman–Crippen MR) is 65.1 cm³/mol. The van der Waals surface area contributed by atoms with Gasteiger partial charge >= 0.3 is 5.97 Å². The number of ether oxygens (including phenoxy) is 1. The van der Waals surface area contributed by atoms with E-state index in [-0.39, 0.29) is 37.2 Å². The maximum atomic E-state index is 11.9. The first-order valence-electron chi connectivity index (χ1n) is 5.34. The summed E-state index contributed by atoms with van der Waals surface area (Å²) in [4.78, 5) is 21.0. The molecule has 18 heavy (non-hydrogen) atoms. The summed E-state index contributed by atoms with van der Waals surface area (Å²) in [5.74, 6) is -0.793. The number of amides is 1. The number of carbonyl (C=O) groups is 2. The van der Waals surface area contributed by atoms with Gasteiger partial charge in [-0.05, 0) is 12.1 Å². The summed E-state index contributed by atoms with van der Waals surface area (Å²) in [6.45, 7) is 0.226. The molecular weight excluding hydrogens is 239 g/mol. The SMILES string of the molecule is COC(=O)CCNC(=O)CN.Fc1ccccc1. The van der Waals surface area contributed by atoms with Crippen molar-refractivity contribution in [1.82, 2.24) is 5.32 Å². The number of nitrogens with two attached hydrogens (primary N) is 1. The number of halogens is 1. The fourth-order valence-electron chi connectivity index (χ4n) is 0.893. The first-order valence-corrected chi connectivity index (χ1v) is 5.34. The standard InChI is InChI=1S/C6H5F.C6H12N2O3/c7-6-4-2-1-3-5-6;1-11-6(10)2-3-8-5(9)4-7/h1-5H;2-4,7H2,1H3,(H,8,9). The highest BCUT2D eigenvalue weighted by Gasteiger charge is 2.00. The van der Waals surface area contributed by atoms with Gasteiger partial charge in [-0.15, -0.1) is 0 Å². The van der Waals surface area contributed by atoms with E-state index in [0.717, 1.165) is 0 Å². The number of hydrogen-bond acceptors (Lipinski definition) is 4. The van der Waals surface area contributed by atoms with Crippen LogP contribution in [0.15, 0.2) is 30.3 Å². The van der Waals surface area contributed by atoms with E-state index in [1.165, 1.54) is 19.2 Å². The second kappa shape index (κ2) is 10.2. The smallest absolute Gasteiger partial charge is 0.307 e. The average Bonchev–Trinajstić information content (AvgIpc) is 2.39. The van der Waals surface area contributed by atoms with Crippen molar-refractivity contribution in [3.8, 4) is 0 Å². The minimum absolute atomic E-state index is 0.0544. The van der Waals surface area contributed by atoms with E-state index in [4.69, 9.17) is 5.73 Å². The molecule has 0 aliphatic rings. The van der Waals surface area contributed by atoms with E-state index in [9.17, 15) is 14.0 Å². The fourth-order valence-corrected chi connectivity index (χ4v) is 0.893. The summed E-state index contributed by atoms with van der Waals surface area (Å²) >= 11 is 0. The Balaban J connectivity index is 0.000000351. The Morgan fingerprint density at radius 3 is 2.33 bits per heavy atom. The van der Waals surface area contributed by atoms with Crippen molar-refractivity contribution < 1.29 is 18.7 Å². The first kappa shape index (κ1) is 16.1. The lowest BCUT2D eigenvalue weighted by molar-refractivity contribution is -0.140. The molecule has 0 unspecified atom stereocenters. The van der Waals surface area contributed by atoms with Gasteiger partial charge in [-0.2, -0.15) is 0 Å². The summed E-state index contributed by atoms with van der Waals surface area (Å²) in [6.07, 6.45) is 0.183. The largest absolute Gasteiger partial charge is 0.469 e. The Morgan fingerprint density at radius 1 is 1.33 bits per heavy atom. The van der Waals surface area contributed by atoms with Crippen LogP contribution in [-0.4, -0.2) is 32.1 Å². The zero-order chi connectivity index (χ0) is 13.8. The Kier molecular flexibility index (Phi) is 9.11. The van der Waals surface area contributed by atoms with E-state index in [1.54, 1.807) is 18.2 Å². The highest BCUT2D eigenvalue weighted by molar-refractivity contribution is 5.78. The van der Waals surface area contributed by atoms with Crippen LogP contribution in [0.25, 0.3) is 0 Å². The maximum absolute atomic E-state index is 11.9. The minimum atomic E-state index is -0.345. The second-order valence-corrected chi connectivity index (χ2v) is 3.18. The van der Waals surface area contributed by atoms with Crippen LogP contribution in [0.5, 0.6) is 0 Å². The molecule has 0 saturated carbocycles. The molecule has 3 N–H and O–H groups in total. The van der Waals surface area contributed by atoms with E-state index in [2.05, 4.69) is 10.1 Å². The van der Waals surface area contributed by atoms with Gasteiger partial charge in [-0.25, -0.2) is 4.39 Å². The molecule has 0 aromatic heterocycles. The number of rotatable bonds is 4. The molecule has 0 spiro atoms. The molecule has 6 heteroatoms. The van der Waals surface area contributed by atoms with Crippen LogP contribution < -0.4 is 11.1 Å². The zero-order valence-electron chi connectivity index (χ0n) is 10.2. The van der Waals surface area contributed by atoms with Crippen LogP contribution in [0.2, 0.25) is 0 Å². The number of carbonyl (C=O) groups excluding carboxylic acids is 2. The van der Waals surface area contributed by atoms with Gasteiger partial charge in [0.15, 0.2) is 0 Å². The molecule has 1 aromatic carbocycles. The third-order valence-electron chi connectivity index (χ3n) is 1.80. The van der Waals surface area contributed by atoms with Crippen LogP contribution in [0, 0.1) is 5.82 Å². The number of hydrogen-bond donors (Lipinski definition) is 2. The Labute approximate surface area is 105 Å². The number of methoxy groups -OCH3 is 1. The van der Waals surface area contributed by atoms with Gasteiger partial charge in [-0.1, -0.05) is 18.2 Å². The van der Waals surface area contributed by atoms with Crippen LogP contribution in [0.1, 0.15) is 6.42 Å². The van der Waals surface area contributed by atoms with Crippen LogP contribution in [0.4, 0.5) is 4.39 Å². The molecule has 1 aromatic rings. The Morgan fingerprint density at radius 2 is 1.94 bits per heavy atom. The quantitative estimate of drug-likeness (QED) is 0.766. The zero-order valence-corrected chi connectivity index (χ0v) is 10.2. The molecule has 0 aliphatic carbocycles. The molecule has 0 radical (unpaired) electrons. The molecule has 0 heterocycles. The summed E-state index contributed by atoms with van der Waals surface area (Å²) in [5, 5.41) is 2.43. The highest BCUT2D eigenvalue weighted by atomic mass is 19.1. The highest BCUT2D eigenvalue weighted by Crippen LogP contribution is 1.91. The Hall–Kier alpha value is -1.95. The summed E-state index contributed by atoms with van der Waals surface area (Å²) in [7, 11) is 1.30. The van der Waals surface area contributed by atoms with E-state index >= 15 is 0 Å². The van der Waals surface area contributed by atoms with Gasteiger partial charge in [0.1, 0.15) is 5.82 Å². The molecule has 0 saturated heterocycles. The first-order chi connectivity index (χ1) is 8.60. The fraction of sp³-hybridized carbons (Fsp3) is 0.333. The monoisotopic (exact) mass is 256 g/mol. The van der Waals surface area contributed by atoms with E-state index < -0.39 is 0 Å². The van der Waals surface area contributed by atoms with Crippen LogP contribution >= 0.6 is 0 Å². The molecule has 0 bridgehead atoms. The number of esters is 1. The van der Waals surface area contributed by atoms with Crippen molar-refractivity contribution in [3.63, 3.8) is 0 Å². The van der Waals surface area contributed by atoms with Gasteiger partial charge in [-0.3, -0.25) is 9.59 Å². The maximum Gasteiger partial charge on any atom is 0.307 e. The van der Waals surface area contributed by atoms with Crippen molar-refractivity contribution in [3.05, 3.63) is 36.1 Å². The van der Waals surface area contributed by atoms with Gasteiger partial charge in [0, 0.05) is 6.54 Å². The van der Waals surface area contributed by atoms with E-state index in [1.807, 2.05) is 0 Å². The molecule has 0 fully saturated rings. The van der Waals surface area contributed by atoms with Crippen molar-refractivity contribution in [2.75, 3.05) is 20.2 Å². The Bertz CT molecular complexity index is 342. The van der Waals surface area contributed by atoms with E-state index in [0.29, 0.717) is 0 Å². The average molecular weight is 256 g/mol. The predicted octanol–water partition coefficient (Wildman–Crippen LogP) is 0.450. The third kappa shape index (κ3) is 9.29. The molecular formula is C12H17FN2O3. The molecule has 1 rings (SSSR count). The third-order valence-corrected chi connectivity index (χ3v) is 1.80. The summed E-state index contributed by atoms with van der Waals surface area (Å²) in [6, 6.07) is 7.94. The molecule has 1 amide bonds. The minimum Gasteiger partial charge on any atom is -0.469 e. The lowest BCUT2D eigenvalue weighted by Gasteiger charge is -2.00.